The monoisotopic (exact) mass is 324 g/mol. The van der Waals surface area contributed by atoms with Gasteiger partial charge in [0, 0.05) is 31.7 Å². The lowest BCUT2D eigenvalue weighted by molar-refractivity contribution is -0.0206. The van der Waals surface area contributed by atoms with Crippen LogP contribution in [-0.2, 0) is 4.74 Å². The zero-order valence-electron chi connectivity index (χ0n) is 16.3. The lowest BCUT2D eigenvalue weighted by atomic mass is 9.84. The number of hydrogen-bond acceptors (Lipinski definition) is 3. The van der Waals surface area contributed by atoms with E-state index < -0.39 is 0 Å². The highest BCUT2D eigenvalue weighted by atomic mass is 16.5. The van der Waals surface area contributed by atoms with E-state index in [2.05, 4.69) is 44.4 Å². The van der Waals surface area contributed by atoms with Gasteiger partial charge in [0.25, 0.3) is 0 Å². The molecule has 1 aliphatic heterocycles. The average molecular weight is 325 g/mol. The minimum atomic E-state index is 0.391. The van der Waals surface area contributed by atoms with E-state index in [1.54, 1.807) is 0 Å². The third kappa shape index (κ3) is 6.36. The molecule has 1 atom stereocenters. The molecule has 3 nitrogen and oxygen atoms in total. The maximum absolute atomic E-state index is 5.97. The van der Waals surface area contributed by atoms with E-state index in [9.17, 15) is 0 Å². The van der Waals surface area contributed by atoms with E-state index in [1.165, 1.54) is 64.7 Å². The molecule has 1 saturated carbocycles. The summed E-state index contributed by atoms with van der Waals surface area (Å²) in [5, 5.41) is 0. The largest absolute Gasteiger partial charge is 0.376 e. The molecule has 3 heteroatoms. The van der Waals surface area contributed by atoms with Gasteiger partial charge < -0.3 is 4.74 Å². The molecule has 1 heterocycles. The fraction of sp³-hybridized carbons (Fsp3) is 1.00. The quantitative estimate of drug-likeness (QED) is 0.699. The summed E-state index contributed by atoms with van der Waals surface area (Å²) in [6.45, 7) is 16.4. The lowest BCUT2D eigenvalue weighted by Crippen LogP contribution is -2.53. The van der Waals surface area contributed by atoms with Gasteiger partial charge in [-0.2, -0.15) is 0 Å². The van der Waals surface area contributed by atoms with Crippen molar-refractivity contribution in [2.24, 2.45) is 5.92 Å². The van der Waals surface area contributed by atoms with Crippen molar-refractivity contribution in [3.63, 3.8) is 0 Å². The molecule has 2 aliphatic rings. The van der Waals surface area contributed by atoms with Gasteiger partial charge in [0.1, 0.15) is 0 Å². The summed E-state index contributed by atoms with van der Waals surface area (Å²) in [7, 11) is 0. The molecule has 0 amide bonds. The van der Waals surface area contributed by atoms with Crippen molar-refractivity contribution in [2.75, 3.05) is 26.2 Å². The predicted octanol–water partition coefficient (Wildman–Crippen LogP) is 4.16. The van der Waals surface area contributed by atoms with E-state index in [0.717, 1.165) is 12.0 Å². The molecule has 2 fully saturated rings. The van der Waals surface area contributed by atoms with Gasteiger partial charge in [-0.3, -0.25) is 9.80 Å². The first-order valence-electron chi connectivity index (χ1n) is 10.1. The van der Waals surface area contributed by atoms with Crippen LogP contribution in [0.2, 0.25) is 0 Å². The smallest absolute Gasteiger partial charge is 0.0578 e. The second-order valence-corrected chi connectivity index (χ2v) is 8.44. The van der Waals surface area contributed by atoms with Crippen LogP contribution in [0.3, 0.4) is 0 Å². The van der Waals surface area contributed by atoms with Crippen molar-refractivity contribution in [1.82, 2.24) is 9.80 Å². The van der Waals surface area contributed by atoms with Gasteiger partial charge in [-0.1, -0.05) is 0 Å². The van der Waals surface area contributed by atoms with Crippen molar-refractivity contribution in [2.45, 2.75) is 97.4 Å². The fourth-order valence-corrected chi connectivity index (χ4v) is 4.35. The van der Waals surface area contributed by atoms with Crippen LogP contribution in [0.5, 0.6) is 0 Å². The number of piperazine rings is 1. The molecule has 2 rings (SSSR count). The Bertz CT molecular complexity index is 324. The van der Waals surface area contributed by atoms with E-state index in [-0.39, 0.29) is 0 Å². The van der Waals surface area contributed by atoms with Crippen LogP contribution in [0, 0.1) is 5.92 Å². The van der Waals surface area contributed by atoms with Crippen molar-refractivity contribution in [1.29, 1.82) is 0 Å². The van der Waals surface area contributed by atoms with Crippen LogP contribution in [0.15, 0.2) is 0 Å². The molecule has 136 valence electrons. The molecular weight excluding hydrogens is 284 g/mol. The highest BCUT2D eigenvalue weighted by Crippen LogP contribution is 2.30. The lowest BCUT2D eigenvalue weighted by Gasteiger charge is -2.42. The first kappa shape index (κ1) is 19.2. The molecule has 0 N–H and O–H groups in total. The zero-order valence-corrected chi connectivity index (χ0v) is 16.3. The van der Waals surface area contributed by atoms with Gasteiger partial charge in [-0.05, 0) is 85.6 Å². The van der Waals surface area contributed by atoms with Crippen LogP contribution >= 0.6 is 0 Å². The Kier molecular flexibility index (Phi) is 7.84. The molecular formula is C20H40N2O. The Morgan fingerprint density at radius 1 is 1.00 bits per heavy atom. The molecule has 1 unspecified atom stereocenters. The minimum absolute atomic E-state index is 0.391. The Balaban J connectivity index is 1.59. The van der Waals surface area contributed by atoms with Gasteiger partial charge >= 0.3 is 0 Å². The zero-order chi connectivity index (χ0) is 16.8. The Hall–Kier alpha value is -0.120. The second kappa shape index (κ2) is 9.39. The van der Waals surface area contributed by atoms with Crippen LogP contribution in [0.1, 0.15) is 73.1 Å². The standard InChI is InChI=1S/C20H40N2O/c1-16(2)22-14-13-21(18(5)15-22)12-6-7-19-8-10-20(11-9-19)23-17(3)4/h16-20H,6-15H2,1-5H3. The van der Waals surface area contributed by atoms with Crippen molar-refractivity contribution >= 4 is 0 Å². The minimum Gasteiger partial charge on any atom is -0.376 e. The van der Waals surface area contributed by atoms with Gasteiger partial charge in [0.2, 0.25) is 0 Å². The molecule has 1 aliphatic carbocycles. The van der Waals surface area contributed by atoms with E-state index >= 15 is 0 Å². The maximum atomic E-state index is 5.97. The molecule has 0 aromatic rings. The summed E-state index contributed by atoms with van der Waals surface area (Å²) in [5.74, 6) is 0.953. The van der Waals surface area contributed by atoms with Crippen LogP contribution in [0.25, 0.3) is 0 Å². The van der Waals surface area contributed by atoms with Gasteiger partial charge in [-0.15, -0.1) is 0 Å². The van der Waals surface area contributed by atoms with Gasteiger partial charge in [0.05, 0.1) is 12.2 Å². The van der Waals surface area contributed by atoms with Crippen LogP contribution < -0.4 is 0 Å². The summed E-state index contributed by atoms with van der Waals surface area (Å²) in [6.07, 6.45) is 9.07. The van der Waals surface area contributed by atoms with E-state index in [0.29, 0.717) is 18.2 Å². The molecule has 0 aromatic carbocycles. The second-order valence-electron chi connectivity index (χ2n) is 8.44. The van der Waals surface area contributed by atoms with E-state index in [4.69, 9.17) is 4.74 Å². The third-order valence-corrected chi connectivity index (χ3v) is 5.84. The fourth-order valence-electron chi connectivity index (χ4n) is 4.35. The number of nitrogens with zero attached hydrogens (tertiary/aromatic N) is 2. The Labute approximate surface area is 144 Å². The number of ether oxygens (including phenoxy) is 1. The first-order chi connectivity index (χ1) is 11.0. The normalized spacial score (nSPS) is 31.2. The SMILES string of the molecule is CC(C)OC1CCC(CCCN2CCN(C(C)C)CC2C)CC1. The third-order valence-electron chi connectivity index (χ3n) is 5.84. The molecule has 0 aromatic heterocycles. The van der Waals surface area contributed by atoms with Crippen molar-refractivity contribution in [3.8, 4) is 0 Å². The summed E-state index contributed by atoms with van der Waals surface area (Å²) in [6, 6.07) is 1.42. The Morgan fingerprint density at radius 3 is 2.26 bits per heavy atom. The highest BCUT2D eigenvalue weighted by molar-refractivity contribution is 4.81. The van der Waals surface area contributed by atoms with E-state index in [1.807, 2.05) is 0 Å². The van der Waals surface area contributed by atoms with Crippen LogP contribution in [0.4, 0.5) is 0 Å². The average Bonchev–Trinajstić information content (AvgIpc) is 2.50. The highest BCUT2D eigenvalue weighted by Gasteiger charge is 2.26. The molecule has 23 heavy (non-hydrogen) atoms. The number of rotatable bonds is 7. The predicted molar refractivity (Wildman–Crippen MR) is 98.9 cm³/mol. The summed E-state index contributed by atoms with van der Waals surface area (Å²) < 4.78 is 5.97. The first-order valence-corrected chi connectivity index (χ1v) is 10.1. The summed E-state index contributed by atoms with van der Waals surface area (Å²) in [5.41, 5.74) is 0. The van der Waals surface area contributed by atoms with Crippen LogP contribution in [-0.4, -0.2) is 60.3 Å². The maximum Gasteiger partial charge on any atom is 0.0578 e. The topological polar surface area (TPSA) is 15.7 Å². The summed E-state index contributed by atoms with van der Waals surface area (Å²) in [4.78, 5) is 5.34. The molecule has 0 radical (unpaired) electrons. The number of hydrogen-bond donors (Lipinski definition) is 0. The molecule has 1 saturated heterocycles. The summed E-state index contributed by atoms with van der Waals surface area (Å²) >= 11 is 0. The van der Waals surface area contributed by atoms with Gasteiger partial charge in [0.15, 0.2) is 0 Å². The molecule has 0 spiro atoms. The van der Waals surface area contributed by atoms with Gasteiger partial charge in [-0.25, -0.2) is 0 Å². The molecule has 0 bridgehead atoms. The van der Waals surface area contributed by atoms with Crippen molar-refractivity contribution in [3.05, 3.63) is 0 Å². The Morgan fingerprint density at radius 2 is 1.70 bits per heavy atom. The van der Waals surface area contributed by atoms with Crippen molar-refractivity contribution < 1.29 is 4.74 Å².